The molecule has 0 spiro atoms. The van der Waals surface area contributed by atoms with Gasteiger partial charge in [0.1, 0.15) is 0 Å². The van der Waals surface area contributed by atoms with E-state index in [1.165, 1.54) is 32.2 Å². The van der Waals surface area contributed by atoms with Crippen molar-refractivity contribution in [3.8, 4) is 0 Å². The van der Waals surface area contributed by atoms with Crippen LogP contribution in [0.1, 0.15) is 45.4 Å². The molecule has 2 aliphatic heterocycles. The van der Waals surface area contributed by atoms with Crippen molar-refractivity contribution in [2.45, 2.75) is 63.6 Å². The average Bonchev–Trinajstić information content (AvgIpc) is 2.33. The van der Waals surface area contributed by atoms with Gasteiger partial charge in [0.25, 0.3) is 0 Å². The second-order valence-electron chi connectivity index (χ2n) is 5.57. The molecule has 2 atom stereocenters. The summed E-state index contributed by atoms with van der Waals surface area (Å²) in [5.74, 6) is 1.79. The molecule has 0 bridgehead atoms. The maximum atomic E-state index is 11.3. The van der Waals surface area contributed by atoms with Gasteiger partial charge in [0.05, 0.1) is 0 Å². The predicted octanol–water partition coefficient (Wildman–Crippen LogP) is 1.41. The molecule has 0 aromatic carbocycles. The molecular formula is C13H26N2OS. The molecular weight excluding hydrogens is 232 g/mol. The average molecular weight is 258 g/mol. The van der Waals surface area contributed by atoms with Gasteiger partial charge in [0.15, 0.2) is 0 Å². The SMILES string of the molecule is CC(CC1CCCCN1)NC1CCS(=O)CC1. The Kier molecular flexibility index (Phi) is 5.45. The molecule has 0 aromatic heterocycles. The zero-order chi connectivity index (χ0) is 12.1. The van der Waals surface area contributed by atoms with E-state index in [0.29, 0.717) is 18.1 Å². The lowest BCUT2D eigenvalue weighted by molar-refractivity contribution is 0.323. The van der Waals surface area contributed by atoms with Gasteiger partial charge < -0.3 is 10.6 Å². The standard InChI is InChI=1S/C13H26N2OS/c1-11(10-13-4-2-3-7-14-13)15-12-5-8-17(16)9-6-12/h11-15H,2-10H2,1H3. The quantitative estimate of drug-likeness (QED) is 0.801. The minimum atomic E-state index is -0.534. The van der Waals surface area contributed by atoms with E-state index >= 15 is 0 Å². The van der Waals surface area contributed by atoms with Crippen LogP contribution in [0.25, 0.3) is 0 Å². The first-order valence-electron chi connectivity index (χ1n) is 7.08. The van der Waals surface area contributed by atoms with Crippen LogP contribution >= 0.6 is 0 Å². The summed E-state index contributed by atoms with van der Waals surface area (Å²) in [5, 5.41) is 7.32. The van der Waals surface area contributed by atoms with Crippen molar-refractivity contribution >= 4 is 10.8 Å². The molecule has 2 unspecified atom stereocenters. The first kappa shape index (κ1) is 13.5. The first-order valence-corrected chi connectivity index (χ1v) is 8.57. The van der Waals surface area contributed by atoms with Crippen LogP contribution < -0.4 is 10.6 Å². The number of hydrogen-bond donors (Lipinski definition) is 2. The molecule has 0 aromatic rings. The monoisotopic (exact) mass is 258 g/mol. The van der Waals surface area contributed by atoms with E-state index in [1.54, 1.807) is 0 Å². The van der Waals surface area contributed by atoms with Crippen LogP contribution in [0, 0.1) is 0 Å². The Morgan fingerprint density at radius 3 is 2.71 bits per heavy atom. The van der Waals surface area contributed by atoms with Crippen LogP contribution in [0.3, 0.4) is 0 Å². The lowest BCUT2D eigenvalue weighted by Crippen LogP contribution is -2.45. The summed E-state index contributed by atoms with van der Waals surface area (Å²) < 4.78 is 11.3. The van der Waals surface area contributed by atoms with Gasteiger partial charge in [0.2, 0.25) is 0 Å². The molecule has 2 rings (SSSR count). The molecule has 17 heavy (non-hydrogen) atoms. The fraction of sp³-hybridized carbons (Fsp3) is 1.00. The number of nitrogens with one attached hydrogen (secondary N) is 2. The fourth-order valence-corrected chi connectivity index (χ4v) is 4.28. The Hall–Kier alpha value is 0.0700. The van der Waals surface area contributed by atoms with Crippen LogP contribution in [0.2, 0.25) is 0 Å². The largest absolute Gasteiger partial charge is 0.314 e. The minimum Gasteiger partial charge on any atom is -0.314 e. The second-order valence-corrected chi connectivity index (χ2v) is 7.27. The summed E-state index contributed by atoms with van der Waals surface area (Å²) in [6, 6.07) is 1.90. The molecule has 4 heteroatoms. The molecule has 2 heterocycles. The van der Waals surface area contributed by atoms with Crippen LogP contribution in [0.5, 0.6) is 0 Å². The van der Waals surface area contributed by atoms with Crippen LogP contribution in [-0.4, -0.2) is 40.4 Å². The van der Waals surface area contributed by atoms with Crippen molar-refractivity contribution in [3.63, 3.8) is 0 Å². The van der Waals surface area contributed by atoms with E-state index in [9.17, 15) is 4.21 Å². The van der Waals surface area contributed by atoms with Crippen molar-refractivity contribution in [2.75, 3.05) is 18.1 Å². The zero-order valence-corrected chi connectivity index (χ0v) is 11.7. The van der Waals surface area contributed by atoms with E-state index in [2.05, 4.69) is 17.6 Å². The van der Waals surface area contributed by atoms with Crippen LogP contribution in [0.15, 0.2) is 0 Å². The molecule has 2 fully saturated rings. The Balaban J connectivity index is 1.65. The summed E-state index contributed by atoms with van der Waals surface area (Å²) in [6.45, 7) is 3.49. The highest BCUT2D eigenvalue weighted by atomic mass is 32.2. The lowest BCUT2D eigenvalue weighted by Gasteiger charge is -2.30. The number of hydrogen-bond acceptors (Lipinski definition) is 3. The number of piperidine rings is 1. The highest BCUT2D eigenvalue weighted by Crippen LogP contribution is 2.14. The Morgan fingerprint density at radius 2 is 2.06 bits per heavy atom. The highest BCUT2D eigenvalue weighted by Gasteiger charge is 2.21. The third kappa shape index (κ3) is 4.68. The van der Waals surface area contributed by atoms with Crippen LogP contribution in [0.4, 0.5) is 0 Å². The maximum Gasteiger partial charge on any atom is 0.0249 e. The van der Waals surface area contributed by atoms with Gasteiger partial charge in [-0.1, -0.05) is 6.42 Å². The van der Waals surface area contributed by atoms with E-state index in [0.717, 1.165) is 24.3 Å². The first-order chi connectivity index (χ1) is 8.24. The summed E-state index contributed by atoms with van der Waals surface area (Å²) in [6.07, 6.45) is 7.48. The molecule has 2 N–H and O–H groups in total. The molecule has 0 radical (unpaired) electrons. The van der Waals surface area contributed by atoms with E-state index in [1.807, 2.05) is 0 Å². The normalized spacial score (nSPS) is 36.6. The van der Waals surface area contributed by atoms with Crippen LogP contribution in [-0.2, 0) is 10.8 Å². The summed E-state index contributed by atoms with van der Waals surface area (Å²) in [7, 11) is -0.534. The lowest BCUT2D eigenvalue weighted by atomic mass is 9.98. The van der Waals surface area contributed by atoms with Gasteiger partial charge in [-0.25, -0.2) is 0 Å². The Labute approximate surface area is 108 Å². The predicted molar refractivity (Wildman–Crippen MR) is 73.8 cm³/mol. The molecule has 0 aliphatic carbocycles. The van der Waals surface area contributed by atoms with E-state index < -0.39 is 10.8 Å². The van der Waals surface area contributed by atoms with Gasteiger partial charge in [-0.2, -0.15) is 0 Å². The fourth-order valence-electron chi connectivity index (χ4n) is 2.98. The van der Waals surface area contributed by atoms with E-state index in [-0.39, 0.29) is 0 Å². The summed E-state index contributed by atoms with van der Waals surface area (Å²) >= 11 is 0. The maximum absolute atomic E-state index is 11.3. The van der Waals surface area contributed by atoms with Crippen molar-refractivity contribution in [3.05, 3.63) is 0 Å². The zero-order valence-electron chi connectivity index (χ0n) is 10.9. The van der Waals surface area contributed by atoms with Gasteiger partial charge in [-0.15, -0.1) is 0 Å². The van der Waals surface area contributed by atoms with Gasteiger partial charge in [0, 0.05) is 40.4 Å². The minimum absolute atomic E-state index is 0.534. The third-order valence-corrected chi connectivity index (χ3v) is 5.34. The number of rotatable bonds is 4. The van der Waals surface area contributed by atoms with Crippen molar-refractivity contribution in [1.82, 2.24) is 10.6 Å². The third-order valence-electron chi connectivity index (χ3n) is 3.96. The second kappa shape index (κ2) is 6.86. The molecule has 0 amide bonds. The smallest absolute Gasteiger partial charge is 0.0249 e. The van der Waals surface area contributed by atoms with E-state index in [4.69, 9.17) is 0 Å². The molecule has 2 aliphatic rings. The van der Waals surface area contributed by atoms with Gasteiger partial charge in [-0.3, -0.25) is 4.21 Å². The molecule has 3 nitrogen and oxygen atoms in total. The Morgan fingerprint density at radius 1 is 1.29 bits per heavy atom. The molecule has 100 valence electrons. The topological polar surface area (TPSA) is 41.1 Å². The molecule has 2 saturated heterocycles. The highest BCUT2D eigenvalue weighted by molar-refractivity contribution is 7.85. The van der Waals surface area contributed by atoms with Crippen molar-refractivity contribution < 1.29 is 4.21 Å². The Bertz CT molecular complexity index is 244. The summed E-state index contributed by atoms with van der Waals surface area (Å²) in [5.41, 5.74) is 0. The van der Waals surface area contributed by atoms with Gasteiger partial charge in [-0.05, 0) is 45.6 Å². The van der Waals surface area contributed by atoms with Crippen molar-refractivity contribution in [1.29, 1.82) is 0 Å². The van der Waals surface area contributed by atoms with Gasteiger partial charge >= 0.3 is 0 Å². The van der Waals surface area contributed by atoms with Crippen molar-refractivity contribution in [2.24, 2.45) is 0 Å². The summed E-state index contributed by atoms with van der Waals surface area (Å²) in [4.78, 5) is 0. The molecule has 0 saturated carbocycles.